The Hall–Kier alpha value is -2.71. The summed E-state index contributed by atoms with van der Waals surface area (Å²) in [6.07, 6.45) is 2.05. The molecule has 0 spiro atoms. The zero-order chi connectivity index (χ0) is 19.3. The maximum atomic E-state index is 12.3. The van der Waals surface area contributed by atoms with Crippen LogP contribution in [0.3, 0.4) is 0 Å². The number of piperazine rings is 2. The molecule has 7 nitrogen and oxygen atoms in total. The summed E-state index contributed by atoms with van der Waals surface area (Å²) in [4.78, 5) is 34.1. The van der Waals surface area contributed by atoms with Gasteiger partial charge in [-0.3, -0.25) is 18.9 Å². The normalized spacial score (nSPS) is 20.5. The maximum absolute atomic E-state index is 12.3. The van der Waals surface area contributed by atoms with Crippen LogP contribution in [0.4, 0.5) is 0 Å². The second kappa shape index (κ2) is 6.72. The molecule has 3 aromatic rings. The van der Waals surface area contributed by atoms with Crippen LogP contribution < -0.4 is 5.32 Å². The number of thiazole rings is 1. The van der Waals surface area contributed by atoms with E-state index in [1.54, 1.807) is 16.2 Å². The number of fused-ring (bicyclic) bond motifs is 2. The zero-order valence-electron chi connectivity index (χ0n) is 15.6. The lowest BCUT2D eigenvalue weighted by Gasteiger charge is -2.42. The van der Waals surface area contributed by atoms with Crippen molar-refractivity contribution in [2.75, 3.05) is 26.2 Å². The molecule has 8 heteroatoms. The Morgan fingerprint density at radius 2 is 2.04 bits per heavy atom. The SMILES string of the molecule is Cc1ccc(-c2nc3sccn3c2CN2CCN3C(=O)CNC(=O)[C@@H]3C2)cc1. The van der Waals surface area contributed by atoms with Crippen molar-refractivity contribution in [2.45, 2.75) is 19.5 Å². The van der Waals surface area contributed by atoms with Gasteiger partial charge in [0.25, 0.3) is 0 Å². The van der Waals surface area contributed by atoms with Crippen LogP contribution in [0.1, 0.15) is 11.3 Å². The van der Waals surface area contributed by atoms with Crippen molar-refractivity contribution < 1.29 is 9.59 Å². The molecular formula is C20H21N5O2S. The van der Waals surface area contributed by atoms with E-state index in [9.17, 15) is 9.59 Å². The van der Waals surface area contributed by atoms with Crippen LogP contribution in [-0.4, -0.2) is 63.2 Å². The minimum absolute atomic E-state index is 0.00849. The van der Waals surface area contributed by atoms with Gasteiger partial charge < -0.3 is 10.2 Å². The van der Waals surface area contributed by atoms with Crippen LogP contribution in [0.15, 0.2) is 35.8 Å². The van der Waals surface area contributed by atoms with Crippen LogP contribution >= 0.6 is 11.3 Å². The third kappa shape index (κ3) is 2.89. The van der Waals surface area contributed by atoms with E-state index in [1.165, 1.54) is 5.56 Å². The van der Waals surface area contributed by atoms with Crippen LogP contribution in [0, 0.1) is 6.92 Å². The molecule has 2 aliphatic heterocycles. The Balaban J connectivity index is 1.46. The standard InChI is InChI=1S/C20H21N5O2S/c1-13-2-4-14(5-3-13)18-15(25-8-9-28-20(25)22-18)11-23-6-7-24-16(12-23)19(27)21-10-17(24)26/h2-5,8-9,16H,6-7,10-12H2,1H3,(H,21,27)/t16-/m0/s1. The molecule has 0 saturated carbocycles. The number of hydrogen-bond donors (Lipinski definition) is 1. The summed E-state index contributed by atoms with van der Waals surface area (Å²) < 4.78 is 2.14. The molecular weight excluding hydrogens is 374 g/mol. The number of nitrogens with zero attached hydrogens (tertiary/aromatic N) is 4. The average Bonchev–Trinajstić information content (AvgIpc) is 3.28. The molecule has 144 valence electrons. The zero-order valence-corrected chi connectivity index (χ0v) is 16.4. The van der Waals surface area contributed by atoms with E-state index in [-0.39, 0.29) is 18.4 Å². The van der Waals surface area contributed by atoms with Gasteiger partial charge in [0.2, 0.25) is 11.8 Å². The number of rotatable bonds is 3. The molecule has 1 N–H and O–H groups in total. The van der Waals surface area contributed by atoms with Gasteiger partial charge in [0.05, 0.1) is 17.9 Å². The van der Waals surface area contributed by atoms with Gasteiger partial charge in [0.15, 0.2) is 4.96 Å². The Kier molecular flexibility index (Phi) is 4.17. The molecule has 0 aliphatic carbocycles. The Morgan fingerprint density at radius 1 is 1.21 bits per heavy atom. The number of benzene rings is 1. The van der Waals surface area contributed by atoms with E-state index in [2.05, 4.69) is 45.8 Å². The highest BCUT2D eigenvalue weighted by molar-refractivity contribution is 7.15. The van der Waals surface area contributed by atoms with E-state index < -0.39 is 6.04 Å². The fraction of sp³-hybridized carbons (Fsp3) is 0.350. The van der Waals surface area contributed by atoms with Crippen LogP contribution in [0.25, 0.3) is 16.2 Å². The predicted molar refractivity (Wildman–Crippen MR) is 107 cm³/mol. The highest BCUT2D eigenvalue weighted by Crippen LogP contribution is 2.29. The summed E-state index contributed by atoms with van der Waals surface area (Å²) in [5, 5.41) is 4.74. The van der Waals surface area contributed by atoms with Gasteiger partial charge in [0, 0.05) is 43.3 Å². The average molecular weight is 395 g/mol. The van der Waals surface area contributed by atoms with E-state index in [4.69, 9.17) is 4.98 Å². The lowest BCUT2D eigenvalue weighted by atomic mass is 10.1. The Morgan fingerprint density at radius 3 is 2.86 bits per heavy atom. The number of imidazole rings is 1. The Labute approximate surface area is 166 Å². The summed E-state index contributed by atoms with van der Waals surface area (Å²) in [6, 6.07) is 8.02. The van der Waals surface area contributed by atoms with Crippen molar-refractivity contribution in [3.05, 3.63) is 47.1 Å². The molecule has 2 saturated heterocycles. The fourth-order valence-electron chi connectivity index (χ4n) is 4.03. The summed E-state index contributed by atoms with van der Waals surface area (Å²) in [7, 11) is 0. The number of hydrogen-bond acceptors (Lipinski definition) is 5. The van der Waals surface area contributed by atoms with Crippen molar-refractivity contribution >= 4 is 28.1 Å². The third-order valence-electron chi connectivity index (χ3n) is 5.56. The number of amides is 2. The Bertz CT molecular complexity index is 1050. The molecule has 2 aliphatic rings. The summed E-state index contributed by atoms with van der Waals surface area (Å²) >= 11 is 1.62. The number of aromatic nitrogens is 2. The van der Waals surface area contributed by atoms with Crippen LogP contribution in [-0.2, 0) is 16.1 Å². The van der Waals surface area contributed by atoms with Gasteiger partial charge in [-0.1, -0.05) is 29.8 Å². The van der Waals surface area contributed by atoms with E-state index in [0.717, 1.165) is 28.5 Å². The molecule has 5 rings (SSSR count). The van der Waals surface area contributed by atoms with Gasteiger partial charge in [0.1, 0.15) is 6.04 Å². The molecule has 4 heterocycles. The lowest BCUT2D eigenvalue weighted by Crippen LogP contribution is -2.65. The maximum Gasteiger partial charge on any atom is 0.244 e. The van der Waals surface area contributed by atoms with Gasteiger partial charge in [-0.25, -0.2) is 4.98 Å². The molecule has 2 fully saturated rings. The lowest BCUT2D eigenvalue weighted by molar-refractivity contribution is -0.149. The van der Waals surface area contributed by atoms with E-state index in [1.807, 2.05) is 11.6 Å². The first-order valence-corrected chi connectivity index (χ1v) is 10.3. The van der Waals surface area contributed by atoms with E-state index >= 15 is 0 Å². The minimum Gasteiger partial charge on any atom is -0.345 e. The molecule has 2 amide bonds. The van der Waals surface area contributed by atoms with Crippen LogP contribution in [0.2, 0.25) is 0 Å². The van der Waals surface area contributed by atoms with Crippen molar-refractivity contribution in [3.63, 3.8) is 0 Å². The molecule has 0 bridgehead atoms. The van der Waals surface area contributed by atoms with E-state index in [0.29, 0.717) is 19.6 Å². The van der Waals surface area contributed by atoms with Crippen molar-refractivity contribution in [1.82, 2.24) is 24.5 Å². The van der Waals surface area contributed by atoms with Gasteiger partial charge >= 0.3 is 0 Å². The predicted octanol–water partition coefficient (Wildman–Crippen LogP) is 1.51. The third-order valence-corrected chi connectivity index (χ3v) is 6.32. The van der Waals surface area contributed by atoms with Gasteiger partial charge in [-0.15, -0.1) is 11.3 Å². The van der Waals surface area contributed by atoms with Crippen molar-refractivity contribution in [1.29, 1.82) is 0 Å². The van der Waals surface area contributed by atoms with Gasteiger partial charge in [-0.2, -0.15) is 0 Å². The number of nitrogens with one attached hydrogen (secondary N) is 1. The second-order valence-electron chi connectivity index (χ2n) is 7.38. The molecule has 28 heavy (non-hydrogen) atoms. The molecule has 0 radical (unpaired) electrons. The summed E-state index contributed by atoms with van der Waals surface area (Å²) in [6.45, 7) is 4.76. The topological polar surface area (TPSA) is 70.0 Å². The van der Waals surface area contributed by atoms with Crippen LogP contribution in [0.5, 0.6) is 0 Å². The molecule has 0 unspecified atom stereocenters. The first-order chi connectivity index (χ1) is 13.6. The smallest absolute Gasteiger partial charge is 0.244 e. The summed E-state index contributed by atoms with van der Waals surface area (Å²) in [5.74, 6) is -0.0498. The monoisotopic (exact) mass is 395 g/mol. The number of carbonyl (C=O) groups excluding carboxylic acids is 2. The van der Waals surface area contributed by atoms with Gasteiger partial charge in [-0.05, 0) is 6.92 Å². The molecule has 1 aromatic carbocycles. The van der Waals surface area contributed by atoms with Crippen molar-refractivity contribution in [2.24, 2.45) is 0 Å². The summed E-state index contributed by atoms with van der Waals surface area (Å²) in [5.41, 5.74) is 4.42. The van der Waals surface area contributed by atoms with Crippen molar-refractivity contribution in [3.8, 4) is 11.3 Å². The largest absolute Gasteiger partial charge is 0.345 e. The fourth-order valence-corrected chi connectivity index (χ4v) is 4.76. The first-order valence-electron chi connectivity index (χ1n) is 9.41. The number of aryl methyl sites for hydroxylation is 1. The first kappa shape index (κ1) is 17.4. The highest BCUT2D eigenvalue weighted by atomic mass is 32.1. The minimum atomic E-state index is -0.399. The molecule has 2 aromatic heterocycles. The second-order valence-corrected chi connectivity index (χ2v) is 8.26. The molecule has 1 atom stereocenters. The highest BCUT2D eigenvalue weighted by Gasteiger charge is 2.38. The number of carbonyl (C=O) groups is 2. The quantitative estimate of drug-likeness (QED) is 0.730.